The largest absolute Gasteiger partial charge is 0.496 e. The van der Waals surface area contributed by atoms with Gasteiger partial charge in [0.2, 0.25) is 0 Å². The molecular formula is C10H11ClO3. The molecule has 0 aliphatic carbocycles. The zero-order chi connectivity index (χ0) is 10.6. The Morgan fingerprint density at radius 1 is 1.50 bits per heavy atom. The monoisotopic (exact) mass is 214 g/mol. The summed E-state index contributed by atoms with van der Waals surface area (Å²) in [4.78, 5) is 10.3. The van der Waals surface area contributed by atoms with Crippen LogP contribution in [0, 0.1) is 6.92 Å². The molecule has 1 rings (SSSR count). The van der Waals surface area contributed by atoms with Gasteiger partial charge in [-0.05, 0) is 30.2 Å². The topological polar surface area (TPSA) is 35.5 Å². The Balaban J connectivity index is 2.71. The van der Waals surface area contributed by atoms with E-state index in [-0.39, 0.29) is 6.61 Å². The van der Waals surface area contributed by atoms with E-state index >= 15 is 0 Å². The van der Waals surface area contributed by atoms with Crippen molar-refractivity contribution >= 4 is 17.0 Å². The van der Waals surface area contributed by atoms with Crippen LogP contribution in [-0.4, -0.2) is 12.5 Å². The van der Waals surface area contributed by atoms with E-state index in [0.717, 1.165) is 16.9 Å². The van der Waals surface area contributed by atoms with Gasteiger partial charge in [0.1, 0.15) is 12.4 Å². The molecule has 0 radical (unpaired) electrons. The zero-order valence-electron chi connectivity index (χ0n) is 8.04. The lowest BCUT2D eigenvalue weighted by molar-refractivity contribution is 0.167. The van der Waals surface area contributed by atoms with Crippen LogP contribution in [0.2, 0.25) is 0 Å². The predicted octanol–water partition coefficient (Wildman–Crippen LogP) is 2.88. The Bertz CT molecular complexity index is 336. The van der Waals surface area contributed by atoms with Crippen molar-refractivity contribution in [3.8, 4) is 5.75 Å². The molecule has 4 heteroatoms. The summed E-state index contributed by atoms with van der Waals surface area (Å²) < 4.78 is 9.73. The molecule has 0 aliphatic heterocycles. The SMILES string of the molecule is COc1ccc(COC(=O)Cl)cc1C. The number of ether oxygens (including phenoxy) is 2. The number of carbonyl (C=O) groups excluding carboxylic acids is 1. The summed E-state index contributed by atoms with van der Waals surface area (Å²) in [6.07, 6.45) is 0. The van der Waals surface area contributed by atoms with Gasteiger partial charge in [-0.3, -0.25) is 0 Å². The third-order valence-electron chi connectivity index (χ3n) is 1.81. The summed E-state index contributed by atoms with van der Waals surface area (Å²) in [5.41, 5.74) is 1.09. The maximum Gasteiger partial charge on any atom is 0.404 e. The first-order valence-electron chi connectivity index (χ1n) is 4.09. The van der Waals surface area contributed by atoms with Crippen molar-refractivity contribution < 1.29 is 14.3 Å². The highest BCUT2D eigenvalue weighted by molar-refractivity contribution is 6.61. The molecule has 3 nitrogen and oxygen atoms in total. The van der Waals surface area contributed by atoms with Crippen LogP contribution < -0.4 is 4.74 Å². The Hall–Kier alpha value is -1.22. The van der Waals surface area contributed by atoms with E-state index < -0.39 is 5.43 Å². The maximum atomic E-state index is 10.3. The van der Waals surface area contributed by atoms with Gasteiger partial charge in [0, 0.05) is 11.6 Å². The molecule has 0 heterocycles. The van der Waals surface area contributed by atoms with E-state index in [2.05, 4.69) is 4.74 Å². The summed E-state index contributed by atoms with van der Waals surface area (Å²) in [6, 6.07) is 5.54. The minimum atomic E-state index is -0.793. The van der Waals surface area contributed by atoms with Crippen molar-refractivity contribution in [3.05, 3.63) is 29.3 Å². The average molecular weight is 215 g/mol. The van der Waals surface area contributed by atoms with Gasteiger partial charge in [-0.1, -0.05) is 6.07 Å². The molecule has 1 aromatic rings. The number of aryl methyl sites for hydroxylation is 1. The van der Waals surface area contributed by atoms with Crippen LogP contribution in [0.4, 0.5) is 4.79 Å². The van der Waals surface area contributed by atoms with Crippen LogP contribution >= 0.6 is 11.6 Å². The molecule has 0 aromatic heterocycles. The first-order chi connectivity index (χ1) is 6.63. The number of carbonyl (C=O) groups is 1. The number of hydrogen-bond acceptors (Lipinski definition) is 3. The summed E-state index contributed by atoms with van der Waals surface area (Å²) in [5, 5.41) is 0. The third-order valence-corrected chi connectivity index (χ3v) is 1.92. The molecule has 0 unspecified atom stereocenters. The second-order valence-electron chi connectivity index (χ2n) is 2.83. The lowest BCUT2D eigenvalue weighted by atomic mass is 10.1. The molecule has 0 amide bonds. The van der Waals surface area contributed by atoms with E-state index in [0.29, 0.717) is 0 Å². The summed E-state index contributed by atoms with van der Waals surface area (Å²) in [6.45, 7) is 2.11. The van der Waals surface area contributed by atoms with Gasteiger partial charge >= 0.3 is 5.43 Å². The van der Waals surface area contributed by atoms with Crippen molar-refractivity contribution in [2.24, 2.45) is 0 Å². The summed E-state index contributed by atoms with van der Waals surface area (Å²) >= 11 is 5.04. The van der Waals surface area contributed by atoms with E-state index in [1.165, 1.54) is 0 Å². The van der Waals surface area contributed by atoms with E-state index in [1.807, 2.05) is 25.1 Å². The van der Waals surface area contributed by atoms with Gasteiger partial charge < -0.3 is 9.47 Å². The molecule has 0 spiro atoms. The number of hydrogen-bond donors (Lipinski definition) is 0. The zero-order valence-corrected chi connectivity index (χ0v) is 8.80. The van der Waals surface area contributed by atoms with Crippen molar-refractivity contribution in [1.29, 1.82) is 0 Å². The average Bonchev–Trinajstić information content (AvgIpc) is 2.15. The Kier molecular flexibility index (Phi) is 3.77. The summed E-state index contributed by atoms with van der Waals surface area (Å²) in [7, 11) is 1.61. The second-order valence-corrected chi connectivity index (χ2v) is 3.14. The van der Waals surface area contributed by atoms with Crippen LogP contribution in [0.1, 0.15) is 11.1 Å². The fraction of sp³-hybridized carbons (Fsp3) is 0.300. The fourth-order valence-corrected chi connectivity index (χ4v) is 1.22. The Morgan fingerprint density at radius 2 is 2.21 bits per heavy atom. The number of benzene rings is 1. The quantitative estimate of drug-likeness (QED) is 0.726. The highest BCUT2D eigenvalue weighted by Crippen LogP contribution is 2.18. The van der Waals surface area contributed by atoms with E-state index in [4.69, 9.17) is 16.3 Å². The minimum absolute atomic E-state index is 0.188. The fourth-order valence-electron chi connectivity index (χ4n) is 1.17. The first kappa shape index (κ1) is 10.9. The van der Waals surface area contributed by atoms with Gasteiger partial charge in [0.15, 0.2) is 0 Å². The third kappa shape index (κ3) is 2.92. The number of halogens is 1. The maximum absolute atomic E-state index is 10.3. The molecule has 76 valence electrons. The highest BCUT2D eigenvalue weighted by Gasteiger charge is 2.01. The minimum Gasteiger partial charge on any atom is -0.496 e. The molecule has 0 saturated heterocycles. The molecule has 0 bridgehead atoms. The van der Waals surface area contributed by atoms with Crippen LogP contribution in [0.5, 0.6) is 5.75 Å². The molecule has 1 aromatic carbocycles. The second kappa shape index (κ2) is 4.86. The van der Waals surface area contributed by atoms with Gasteiger partial charge in [-0.2, -0.15) is 0 Å². The first-order valence-corrected chi connectivity index (χ1v) is 4.47. The molecule has 0 saturated carbocycles. The van der Waals surface area contributed by atoms with Gasteiger partial charge in [0.05, 0.1) is 7.11 Å². The van der Waals surface area contributed by atoms with Crippen molar-refractivity contribution in [2.75, 3.05) is 7.11 Å². The van der Waals surface area contributed by atoms with Crippen molar-refractivity contribution in [1.82, 2.24) is 0 Å². The van der Waals surface area contributed by atoms with Crippen LogP contribution in [0.15, 0.2) is 18.2 Å². The molecule has 0 aliphatic rings. The van der Waals surface area contributed by atoms with Gasteiger partial charge in [-0.15, -0.1) is 0 Å². The molecule has 0 N–H and O–H groups in total. The molecular weight excluding hydrogens is 204 g/mol. The highest BCUT2D eigenvalue weighted by atomic mass is 35.5. The Morgan fingerprint density at radius 3 is 2.71 bits per heavy atom. The van der Waals surface area contributed by atoms with Crippen molar-refractivity contribution in [2.45, 2.75) is 13.5 Å². The van der Waals surface area contributed by atoms with Gasteiger partial charge in [0.25, 0.3) is 0 Å². The number of rotatable bonds is 3. The molecule has 0 atom stereocenters. The standard InChI is InChI=1S/C10H11ClO3/c1-7-5-8(6-14-10(11)12)3-4-9(7)13-2/h3-5H,6H2,1-2H3. The normalized spacial score (nSPS) is 9.64. The van der Waals surface area contributed by atoms with E-state index in [9.17, 15) is 4.79 Å². The molecule has 0 fully saturated rings. The lowest BCUT2D eigenvalue weighted by Gasteiger charge is -2.06. The van der Waals surface area contributed by atoms with Gasteiger partial charge in [-0.25, -0.2) is 4.79 Å². The summed E-state index contributed by atoms with van der Waals surface area (Å²) in [5.74, 6) is 0.811. The molecule has 14 heavy (non-hydrogen) atoms. The van der Waals surface area contributed by atoms with E-state index in [1.54, 1.807) is 7.11 Å². The van der Waals surface area contributed by atoms with Crippen LogP contribution in [0.3, 0.4) is 0 Å². The smallest absolute Gasteiger partial charge is 0.404 e. The number of methoxy groups -OCH3 is 1. The van der Waals surface area contributed by atoms with Crippen LogP contribution in [-0.2, 0) is 11.3 Å². The van der Waals surface area contributed by atoms with Crippen LogP contribution in [0.25, 0.3) is 0 Å². The lowest BCUT2D eigenvalue weighted by Crippen LogP contribution is -1.96. The Labute approximate surface area is 87.6 Å². The predicted molar refractivity (Wildman–Crippen MR) is 53.8 cm³/mol. The van der Waals surface area contributed by atoms with Crippen molar-refractivity contribution in [3.63, 3.8) is 0 Å².